The topological polar surface area (TPSA) is 44.9 Å². The molecule has 0 aliphatic rings. The smallest absolute Gasteiger partial charge is 0.509 e. The van der Waals surface area contributed by atoms with E-state index in [9.17, 15) is 0 Å². The van der Waals surface area contributed by atoms with Crippen molar-refractivity contribution in [3.63, 3.8) is 0 Å². The van der Waals surface area contributed by atoms with Crippen LogP contribution in [-0.2, 0) is 21.1 Å². The van der Waals surface area contributed by atoms with Crippen LogP contribution in [0.25, 0.3) is 44.4 Å². The first-order valence-electron chi connectivity index (χ1n) is 15.4. The molecule has 0 bridgehead atoms. The Hall–Kier alpha value is -4.47. The van der Waals surface area contributed by atoms with E-state index < -0.39 is 0 Å². The molecule has 0 unspecified atom stereocenters. The summed E-state index contributed by atoms with van der Waals surface area (Å²) in [5.74, 6) is 2.49. The fraction of sp³-hybridized carbons (Fsp3) is 0.200. The predicted molar refractivity (Wildman–Crippen MR) is 183 cm³/mol. The van der Waals surface area contributed by atoms with E-state index in [1.165, 1.54) is 33.4 Å². The Kier molecular flexibility index (Phi) is 8.48. The Morgan fingerprint density at radius 1 is 0.783 bits per heavy atom. The molecule has 0 N–H and O–H groups in total. The van der Waals surface area contributed by atoms with Gasteiger partial charge in [-0.3, -0.25) is 4.68 Å². The number of para-hydroxylation sites is 1. The van der Waals surface area contributed by atoms with Gasteiger partial charge in [0.1, 0.15) is 5.82 Å². The van der Waals surface area contributed by atoms with Gasteiger partial charge in [-0.2, -0.15) is 16.7 Å². The molecule has 0 saturated heterocycles. The molecule has 0 radical (unpaired) electrons. The van der Waals surface area contributed by atoms with Crippen molar-refractivity contribution in [2.75, 3.05) is 0 Å². The van der Waals surface area contributed by atoms with Gasteiger partial charge in [0.2, 0.25) is 0 Å². The average molecular weight is 784 g/mol. The number of benzene rings is 4. The molecule has 5 nitrogen and oxygen atoms in total. The first-order chi connectivity index (χ1) is 21.7. The molecule has 0 saturated carbocycles. The number of hydrogen-bond acceptors (Lipinski definition) is 3. The summed E-state index contributed by atoms with van der Waals surface area (Å²) in [5.41, 5.74) is 12.6. The Labute approximate surface area is 285 Å². The molecule has 0 aliphatic heterocycles. The van der Waals surface area contributed by atoms with Crippen LogP contribution in [-0.4, -0.2) is 19.3 Å². The van der Waals surface area contributed by atoms with E-state index in [-0.39, 0.29) is 21.1 Å². The van der Waals surface area contributed by atoms with Gasteiger partial charge in [0.05, 0.1) is 6.20 Å². The van der Waals surface area contributed by atoms with Crippen molar-refractivity contribution in [3.8, 4) is 34.1 Å². The number of nitrogens with zero attached hydrogens (tertiary/aromatic N) is 4. The number of hydrogen-bond donors (Lipinski definition) is 0. The molecule has 4 aromatic carbocycles. The van der Waals surface area contributed by atoms with Gasteiger partial charge in [-0.1, -0.05) is 50.6 Å². The molecule has 7 rings (SSSR count). The van der Waals surface area contributed by atoms with Crippen molar-refractivity contribution in [1.29, 1.82) is 0 Å². The second kappa shape index (κ2) is 12.4. The largest absolute Gasteiger partial charge is 2.00 e. The zero-order chi connectivity index (χ0) is 31.4. The van der Waals surface area contributed by atoms with Crippen LogP contribution in [0.5, 0.6) is 11.5 Å². The fourth-order valence-corrected chi connectivity index (χ4v) is 6.28. The van der Waals surface area contributed by atoms with Crippen LogP contribution in [0, 0.1) is 46.8 Å². The SMILES string of the molecule is Cc1cc(Oc2[c-]c3c(cc2)c2ccccc2n3-c2cc(C(C)C)ccn2)[c-]c(-n2cc(-c3c(C)c(C)cc(C)c3C)cn2)c1.[Pt+2]. The Morgan fingerprint density at radius 3 is 2.30 bits per heavy atom. The zero-order valence-electron chi connectivity index (χ0n) is 27.2. The van der Waals surface area contributed by atoms with Gasteiger partial charge in [0.15, 0.2) is 0 Å². The average Bonchev–Trinajstić information content (AvgIpc) is 3.63. The van der Waals surface area contributed by atoms with Crippen LogP contribution in [0.15, 0.2) is 85.3 Å². The van der Waals surface area contributed by atoms with E-state index in [1.807, 2.05) is 29.2 Å². The molecule has 0 atom stereocenters. The summed E-state index contributed by atoms with van der Waals surface area (Å²) in [6.45, 7) is 15.2. The third-order valence-electron chi connectivity index (χ3n) is 8.90. The molecule has 0 amide bonds. The van der Waals surface area contributed by atoms with E-state index >= 15 is 0 Å². The normalized spacial score (nSPS) is 11.4. The number of fused-ring (bicyclic) bond motifs is 3. The predicted octanol–water partition coefficient (Wildman–Crippen LogP) is 10.1. The first-order valence-corrected chi connectivity index (χ1v) is 15.4. The third kappa shape index (κ3) is 5.58. The monoisotopic (exact) mass is 783 g/mol. The zero-order valence-corrected chi connectivity index (χ0v) is 29.4. The second-order valence-electron chi connectivity index (χ2n) is 12.4. The number of rotatable bonds is 6. The van der Waals surface area contributed by atoms with E-state index in [1.54, 1.807) is 0 Å². The van der Waals surface area contributed by atoms with Gasteiger partial charge in [0, 0.05) is 35.0 Å². The van der Waals surface area contributed by atoms with Gasteiger partial charge >= 0.3 is 21.1 Å². The summed E-state index contributed by atoms with van der Waals surface area (Å²) < 4.78 is 10.5. The molecule has 0 fully saturated rings. The molecular formula is C40H36N4OPt. The maximum absolute atomic E-state index is 6.45. The van der Waals surface area contributed by atoms with Gasteiger partial charge in [-0.25, -0.2) is 4.98 Å². The summed E-state index contributed by atoms with van der Waals surface area (Å²) in [7, 11) is 0. The standard InChI is InChI=1S/C40H36N4O.Pt/c1-24(2)30-14-15-41-39(19-30)44-37-11-9-8-10-35(37)36-13-12-33(21-38(36)44)45-34-17-25(3)16-32(20-34)43-23-31(22-42-43)40-28(6)26(4)18-27(5)29(40)7;/h8-19,22-24H,1-7H3;/q-2;+2. The van der Waals surface area contributed by atoms with Crippen molar-refractivity contribution in [2.45, 2.75) is 54.4 Å². The van der Waals surface area contributed by atoms with Crippen LogP contribution in [0.3, 0.4) is 0 Å². The summed E-state index contributed by atoms with van der Waals surface area (Å²) in [4.78, 5) is 4.77. The van der Waals surface area contributed by atoms with Gasteiger partial charge in [0.25, 0.3) is 0 Å². The van der Waals surface area contributed by atoms with Gasteiger partial charge in [-0.05, 0) is 96.3 Å². The molecule has 7 aromatic rings. The molecule has 3 heterocycles. The minimum Gasteiger partial charge on any atom is -0.509 e. The van der Waals surface area contributed by atoms with E-state index in [2.05, 4.69) is 126 Å². The van der Waals surface area contributed by atoms with Crippen LogP contribution >= 0.6 is 0 Å². The molecule has 0 spiro atoms. The van der Waals surface area contributed by atoms with Crippen LogP contribution in [0.1, 0.15) is 53.1 Å². The van der Waals surface area contributed by atoms with Crippen LogP contribution in [0.2, 0.25) is 0 Å². The third-order valence-corrected chi connectivity index (χ3v) is 8.90. The Bertz CT molecular complexity index is 2210. The van der Waals surface area contributed by atoms with Crippen molar-refractivity contribution in [3.05, 3.63) is 131 Å². The van der Waals surface area contributed by atoms with Crippen LogP contribution in [0.4, 0.5) is 0 Å². The van der Waals surface area contributed by atoms with Crippen molar-refractivity contribution in [1.82, 2.24) is 19.3 Å². The summed E-state index contributed by atoms with van der Waals surface area (Å²) in [6, 6.07) is 30.1. The molecule has 46 heavy (non-hydrogen) atoms. The minimum absolute atomic E-state index is 0. The summed E-state index contributed by atoms with van der Waals surface area (Å²) in [5, 5.41) is 6.99. The quantitative estimate of drug-likeness (QED) is 0.158. The van der Waals surface area contributed by atoms with E-state index in [0.717, 1.165) is 44.4 Å². The number of aryl methyl sites for hydroxylation is 3. The fourth-order valence-electron chi connectivity index (χ4n) is 6.28. The van der Waals surface area contributed by atoms with Crippen molar-refractivity contribution < 1.29 is 25.8 Å². The van der Waals surface area contributed by atoms with Gasteiger partial charge < -0.3 is 9.30 Å². The Balaban J connectivity index is 0.00000372. The van der Waals surface area contributed by atoms with Gasteiger partial charge in [-0.15, -0.1) is 35.7 Å². The number of ether oxygens (including phenoxy) is 1. The molecule has 6 heteroatoms. The van der Waals surface area contributed by atoms with Crippen LogP contribution < -0.4 is 4.74 Å². The Morgan fingerprint density at radius 2 is 1.54 bits per heavy atom. The van der Waals surface area contributed by atoms with Crippen molar-refractivity contribution >= 4 is 21.8 Å². The maximum Gasteiger partial charge on any atom is 2.00 e. The van der Waals surface area contributed by atoms with E-state index in [4.69, 9.17) is 14.8 Å². The first kappa shape index (κ1) is 31.5. The number of pyridine rings is 1. The second-order valence-corrected chi connectivity index (χ2v) is 12.4. The maximum atomic E-state index is 6.45. The molecular weight excluding hydrogens is 748 g/mol. The number of aromatic nitrogens is 4. The summed E-state index contributed by atoms with van der Waals surface area (Å²) in [6.07, 6.45) is 5.91. The molecule has 232 valence electrons. The molecule has 0 aliphatic carbocycles. The van der Waals surface area contributed by atoms with Crippen molar-refractivity contribution in [2.24, 2.45) is 0 Å². The molecule has 3 aromatic heterocycles. The summed E-state index contributed by atoms with van der Waals surface area (Å²) >= 11 is 0. The van der Waals surface area contributed by atoms with E-state index in [0.29, 0.717) is 17.4 Å². The minimum atomic E-state index is 0.